The van der Waals surface area contributed by atoms with Gasteiger partial charge in [0, 0.05) is 10.5 Å². The van der Waals surface area contributed by atoms with Gasteiger partial charge in [-0.3, -0.25) is 0 Å². The van der Waals surface area contributed by atoms with E-state index in [1.54, 1.807) is 6.07 Å². The molecule has 2 aromatic carbocycles. The summed E-state index contributed by atoms with van der Waals surface area (Å²) < 4.78 is 33.0. The predicted octanol–water partition coefficient (Wildman–Crippen LogP) is 5.19. The van der Waals surface area contributed by atoms with E-state index < -0.39 is 11.6 Å². The first-order chi connectivity index (χ1) is 10.0. The summed E-state index contributed by atoms with van der Waals surface area (Å²) in [6.07, 6.45) is 0.916. The Morgan fingerprint density at radius 2 is 2.00 bits per heavy atom. The van der Waals surface area contributed by atoms with E-state index in [1.807, 2.05) is 25.2 Å². The van der Waals surface area contributed by atoms with E-state index in [0.29, 0.717) is 10.2 Å². The van der Waals surface area contributed by atoms with Crippen molar-refractivity contribution in [1.29, 1.82) is 0 Å². The Hall–Kier alpha value is -1.46. The van der Waals surface area contributed by atoms with Crippen LogP contribution in [0.5, 0.6) is 11.5 Å². The van der Waals surface area contributed by atoms with Crippen LogP contribution in [0.25, 0.3) is 0 Å². The van der Waals surface area contributed by atoms with Gasteiger partial charge in [0.1, 0.15) is 5.75 Å². The summed E-state index contributed by atoms with van der Waals surface area (Å²) in [6.45, 7) is 2.07. The quantitative estimate of drug-likeness (QED) is 0.745. The minimum atomic E-state index is -0.996. The Labute approximate surface area is 131 Å². The van der Waals surface area contributed by atoms with Crippen molar-refractivity contribution in [2.45, 2.75) is 19.4 Å². The predicted molar refractivity (Wildman–Crippen MR) is 82.7 cm³/mol. The smallest absolute Gasteiger partial charge is 0.201 e. The van der Waals surface area contributed by atoms with Crippen LogP contribution in [0.3, 0.4) is 0 Å². The Kier molecular flexibility index (Phi) is 5.31. The fraction of sp³-hybridized carbons (Fsp3) is 0.250. The fourth-order valence-electron chi connectivity index (χ4n) is 2.13. The molecule has 2 rings (SSSR count). The van der Waals surface area contributed by atoms with Gasteiger partial charge in [-0.2, -0.15) is 4.39 Å². The molecule has 2 nitrogen and oxygen atoms in total. The van der Waals surface area contributed by atoms with Crippen LogP contribution in [0.2, 0.25) is 0 Å². The summed E-state index contributed by atoms with van der Waals surface area (Å²) in [5, 5.41) is 3.19. The van der Waals surface area contributed by atoms with Crippen molar-refractivity contribution < 1.29 is 13.5 Å². The van der Waals surface area contributed by atoms with E-state index in [2.05, 4.69) is 28.2 Å². The summed E-state index contributed by atoms with van der Waals surface area (Å²) in [5.74, 6) is -1.62. The molecule has 112 valence electrons. The third-order valence-electron chi connectivity index (χ3n) is 3.20. The molecule has 0 aromatic heterocycles. The molecule has 0 aliphatic heterocycles. The van der Waals surface area contributed by atoms with Gasteiger partial charge in [-0.1, -0.05) is 35.0 Å². The lowest BCUT2D eigenvalue weighted by Gasteiger charge is -2.15. The van der Waals surface area contributed by atoms with E-state index >= 15 is 0 Å². The molecule has 5 heteroatoms. The monoisotopic (exact) mass is 355 g/mol. The van der Waals surface area contributed by atoms with Gasteiger partial charge in [0.15, 0.2) is 11.6 Å². The van der Waals surface area contributed by atoms with E-state index in [4.69, 9.17) is 4.74 Å². The molecule has 1 N–H and O–H groups in total. The van der Waals surface area contributed by atoms with Crippen molar-refractivity contribution in [3.63, 3.8) is 0 Å². The van der Waals surface area contributed by atoms with Crippen molar-refractivity contribution in [3.8, 4) is 11.5 Å². The number of rotatable bonds is 5. The fourth-order valence-corrected chi connectivity index (χ4v) is 2.54. The Balaban J connectivity index is 2.30. The second-order valence-corrected chi connectivity index (χ2v) is 5.54. The van der Waals surface area contributed by atoms with E-state index in [-0.39, 0.29) is 11.8 Å². The van der Waals surface area contributed by atoms with Gasteiger partial charge >= 0.3 is 0 Å². The third kappa shape index (κ3) is 3.80. The van der Waals surface area contributed by atoms with Gasteiger partial charge in [0.2, 0.25) is 5.82 Å². The summed E-state index contributed by atoms with van der Waals surface area (Å²) in [7, 11) is 1.88. The van der Waals surface area contributed by atoms with Crippen LogP contribution < -0.4 is 10.1 Å². The zero-order valence-corrected chi connectivity index (χ0v) is 13.4. The highest BCUT2D eigenvalue weighted by molar-refractivity contribution is 9.10. The van der Waals surface area contributed by atoms with Crippen LogP contribution >= 0.6 is 15.9 Å². The Morgan fingerprint density at radius 3 is 2.67 bits per heavy atom. The summed E-state index contributed by atoms with van der Waals surface area (Å²) >= 11 is 3.12. The highest BCUT2D eigenvalue weighted by Crippen LogP contribution is 2.31. The van der Waals surface area contributed by atoms with Crippen molar-refractivity contribution in [2.24, 2.45) is 0 Å². The van der Waals surface area contributed by atoms with Gasteiger partial charge in [0.05, 0.1) is 0 Å². The second-order valence-electron chi connectivity index (χ2n) is 4.62. The SMILES string of the molecule is CCC(NC)c1cccc(Oc2cc(Br)cc(F)c2F)c1. The molecule has 2 aromatic rings. The lowest BCUT2D eigenvalue weighted by atomic mass is 10.0. The van der Waals surface area contributed by atoms with Crippen LogP contribution in [-0.4, -0.2) is 7.05 Å². The molecule has 0 amide bonds. The van der Waals surface area contributed by atoms with Crippen molar-refractivity contribution in [2.75, 3.05) is 7.05 Å². The molecule has 0 heterocycles. The molecule has 0 aliphatic rings. The van der Waals surface area contributed by atoms with E-state index in [0.717, 1.165) is 18.1 Å². The first-order valence-electron chi connectivity index (χ1n) is 6.64. The normalized spacial score (nSPS) is 12.2. The van der Waals surface area contributed by atoms with Crippen molar-refractivity contribution >= 4 is 15.9 Å². The molecule has 0 saturated carbocycles. The molecule has 1 atom stereocenters. The largest absolute Gasteiger partial charge is 0.454 e. The standard InChI is InChI=1S/C16H16BrF2NO/c1-3-14(20-2)10-5-4-6-12(7-10)21-15-9-11(17)8-13(18)16(15)19/h4-9,14,20H,3H2,1-2H3. The first-order valence-corrected chi connectivity index (χ1v) is 7.44. The molecular formula is C16H16BrF2NO. The van der Waals surface area contributed by atoms with Crippen LogP contribution in [0, 0.1) is 11.6 Å². The van der Waals surface area contributed by atoms with Gasteiger partial charge in [0.25, 0.3) is 0 Å². The maximum Gasteiger partial charge on any atom is 0.201 e. The molecule has 0 aliphatic carbocycles. The van der Waals surface area contributed by atoms with Crippen LogP contribution in [0.4, 0.5) is 8.78 Å². The molecule has 1 unspecified atom stereocenters. The van der Waals surface area contributed by atoms with Gasteiger partial charge in [-0.25, -0.2) is 4.39 Å². The lowest BCUT2D eigenvalue weighted by Crippen LogP contribution is -2.15. The van der Waals surface area contributed by atoms with Crippen molar-refractivity contribution in [3.05, 3.63) is 58.1 Å². The summed E-state index contributed by atoms with van der Waals surface area (Å²) in [6, 6.07) is 9.99. The van der Waals surface area contributed by atoms with E-state index in [9.17, 15) is 8.78 Å². The topological polar surface area (TPSA) is 21.3 Å². The second kappa shape index (κ2) is 7.00. The summed E-state index contributed by atoms with van der Waals surface area (Å²) in [5.41, 5.74) is 1.04. The van der Waals surface area contributed by atoms with Crippen molar-refractivity contribution in [1.82, 2.24) is 5.32 Å². The minimum Gasteiger partial charge on any atom is -0.454 e. The number of hydrogen-bond donors (Lipinski definition) is 1. The lowest BCUT2D eigenvalue weighted by molar-refractivity contribution is 0.414. The molecule has 0 spiro atoms. The molecule has 0 saturated heterocycles. The Bertz CT molecular complexity index is 630. The molecular weight excluding hydrogens is 340 g/mol. The van der Waals surface area contributed by atoms with Gasteiger partial charge in [-0.05, 0) is 43.3 Å². The maximum atomic E-state index is 13.7. The van der Waals surface area contributed by atoms with Crippen LogP contribution in [-0.2, 0) is 0 Å². The maximum absolute atomic E-state index is 13.7. The third-order valence-corrected chi connectivity index (χ3v) is 3.66. The highest BCUT2D eigenvalue weighted by atomic mass is 79.9. The minimum absolute atomic E-state index is 0.142. The highest BCUT2D eigenvalue weighted by Gasteiger charge is 2.13. The summed E-state index contributed by atoms with van der Waals surface area (Å²) in [4.78, 5) is 0. The zero-order chi connectivity index (χ0) is 15.4. The Morgan fingerprint density at radius 1 is 1.24 bits per heavy atom. The number of ether oxygens (including phenoxy) is 1. The van der Waals surface area contributed by atoms with Gasteiger partial charge in [-0.15, -0.1) is 0 Å². The number of halogens is 3. The zero-order valence-electron chi connectivity index (χ0n) is 11.8. The number of benzene rings is 2. The first kappa shape index (κ1) is 15.9. The van der Waals surface area contributed by atoms with Crippen LogP contribution in [0.15, 0.2) is 40.9 Å². The van der Waals surface area contributed by atoms with Gasteiger partial charge < -0.3 is 10.1 Å². The average Bonchev–Trinajstić information content (AvgIpc) is 2.46. The number of nitrogens with one attached hydrogen (secondary N) is 1. The molecule has 0 radical (unpaired) electrons. The molecule has 0 bridgehead atoms. The average molecular weight is 356 g/mol. The number of hydrogen-bond acceptors (Lipinski definition) is 2. The molecule has 0 fully saturated rings. The van der Waals surface area contributed by atoms with E-state index in [1.165, 1.54) is 6.07 Å². The molecule has 21 heavy (non-hydrogen) atoms. The van der Waals surface area contributed by atoms with Crippen LogP contribution in [0.1, 0.15) is 24.9 Å².